The van der Waals surface area contributed by atoms with Crippen LogP contribution in [0.5, 0.6) is 0 Å². The molecule has 0 aromatic heterocycles. The van der Waals surface area contributed by atoms with Gasteiger partial charge >= 0.3 is 0 Å². The fourth-order valence-electron chi connectivity index (χ4n) is 1.45. The van der Waals surface area contributed by atoms with Crippen molar-refractivity contribution in [2.75, 3.05) is 13.1 Å². The molecular weight excluding hydrogens is 194 g/mol. The van der Waals surface area contributed by atoms with Crippen LogP contribution in [0, 0.1) is 11.3 Å². The SMILES string of the molecule is CC(C)(C)C(NC(=O)C1CNC1)C(N)=O. The molecule has 1 aliphatic heterocycles. The summed E-state index contributed by atoms with van der Waals surface area (Å²) in [6.45, 7) is 6.99. The molecule has 5 nitrogen and oxygen atoms in total. The summed E-state index contributed by atoms with van der Waals surface area (Å²) in [6, 6.07) is -0.606. The average molecular weight is 213 g/mol. The molecule has 0 bridgehead atoms. The minimum Gasteiger partial charge on any atom is -0.368 e. The van der Waals surface area contributed by atoms with Crippen molar-refractivity contribution < 1.29 is 9.59 Å². The number of amides is 2. The highest BCUT2D eigenvalue weighted by molar-refractivity contribution is 5.88. The van der Waals surface area contributed by atoms with Crippen molar-refractivity contribution in [1.82, 2.24) is 10.6 Å². The van der Waals surface area contributed by atoms with Crippen LogP contribution in [-0.4, -0.2) is 30.9 Å². The molecular formula is C10H19N3O2. The lowest BCUT2D eigenvalue weighted by Gasteiger charge is -2.32. The van der Waals surface area contributed by atoms with E-state index in [2.05, 4.69) is 10.6 Å². The monoisotopic (exact) mass is 213 g/mol. The molecule has 1 unspecified atom stereocenters. The molecule has 15 heavy (non-hydrogen) atoms. The van der Waals surface area contributed by atoms with Gasteiger partial charge in [0, 0.05) is 13.1 Å². The zero-order valence-electron chi connectivity index (χ0n) is 9.46. The number of carbonyl (C=O) groups is 2. The van der Waals surface area contributed by atoms with E-state index in [0.717, 1.165) is 0 Å². The van der Waals surface area contributed by atoms with Crippen molar-refractivity contribution in [3.63, 3.8) is 0 Å². The van der Waals surface area contributed by atoms with Crippen LogP contribution in [0.15, 0.2) is 0 Å². The van der Waals surface area contributed by atoms with E-state index in [0.29, 0.717) is 13.1 Å². The van der Waals surface area contributed by atoms with E-state index in [1.165, 1.54) is 0 Å². The summed E-state index contributed by atoms with van der Waals surface area (Å²) in [5.41, 5.74) is 4.91. The molecule has 0 aromatic carbocycles. The van der Waals surface area contributed by atoms with Gasteiger partial charge in [-0.05, 0) is 5.41 Å². The van der Waals surface area contributed by atoms with Crippen molar-refractivity contribution in [3.05, 3.63) is 0 Å². The molecule has 1 rings (SSSR count). The van der Waals surface area contributed by atoms with Crippen LogP contribution in [0.1, 0.15) is 20.8 Å². The van der Waals surface area contributed by atoms with E-state index in [1.807, 2.05) is 20.8 Å². The van der Waals surface area contributed by atoms with Gasteiger partial charge in [-0.25, -0.2) is 0 Å². The first-order valence-electron chi connectivity index (χ1n) is 5.13. The molecule has 1 fully saturated rings. The van der Waals surface area contributed by atoms with Gasteiger partial charge < -0.3 is 16.4 Å². The third-order valence-electron chi connectivity index (χ3n) is 2.59. The topological polar surface area (TPSA) is 84.2 Å². The van der Waals surface area contributed by atoms with Crippen LogP contribution in [0.25, 0.3) is 0 Å². The molecule has 0 aromatic rings. The van der Waals surface area contributed by atoms with Crippen LogP contribution in [0.2, 0.25) is 0 Å². The minimum atomic E-state index is -0.606. The smallest absolute Gasteiger partial charge is 0.240 e. The Hall–Kier alpha value is -1.10. The van der Waals surface area contributed by atoms with Crippen molar-refractivity contribution in [2.45, 2.75) is 26.8 Å². The fourth-order valence-corrected chi connectivity index (χ4v) is 1.45. The second-order valence-corrected chi connectivity index (χ2v) is 5.07. The Morgan fingerprint density at radius 2 is 1.93 bits per heavy atom. The molecule has 4 N–H and O–H groups in total. The second kappa shape index (κ2) is 4.18. The van der Waals surface area contributed by atoms with Crippen molar-refractivity contribution in [3.8, 4) is 0 Å². The largest absolute Gasteiger partial charge is 0.368 e. The van der Waals surface area contributed by atoms with Crippen LogP contribution >= 0.6 is 0 Å². The average Bonchev–Trinajstić information content (AvgIpc) is 1.93. The van der Waals surface area contributed by atoms with Gasteiger partial charge in [0.2, 0.25) is 11.8 Å². The Morgan fingerprint density at radius 1 is 1.40 bits per heavy atom. The standard InChI is InChI=1S/C10H19N3O2/c1-10(2,3)7(8(11)14)13-9(15)6-4-12-5-6/h6-7,12H,4-5H2,1-3H3,(H2,11,14)(H,13,15). The molecule has 5 heteroatoms. The predicted molar refractivity (Wildman–Crippen MR) is 56.9 cm³/mol. The summed E-state index contributed by atoms with van der Waals surface area (Å²) in [4.78, 5) is 22.8. The number of nitrogens with one attached hydrogen (secondary N) is 2. The van der Waals surface area contributed by atoms with Gasteiger partial charge in [-0.3, -0.25) is 9.59 Å². The predicted octanol–water partition coefficient (Wildman–Crippen LogP) is -0.778. The molecule has 0 radical (unpaired) electrons. The lowest BCUT2D eigenvalue weighted by Crippen LogP contribution is -2.58. The van der Waals surface area contributed by atoms with Crippen LogP contribution in [-0.2, 0) is 9.59 Å². The van der Waals surface area contributed by atoms with Gasteiger partial charge in [-0.1, -0.05) is 20.8 Å². The normalized spacial score (nSPS) is 19.1. The highest BCUT2D eigenvalue weighted by atomic mass is 16.2. The van der Waals surface area contributed by atoms with Crippen LogP contribution < -0.4 is 16.4 Å². The van der Waals surface area contributed by atoms with Gasteiger partial charge in [0.15, 0.2) is 0 Å². The Kier molecular flexibility index (Phi) is 3.34. The lowest BCUT2D eigenvalue weighted by atomic mass is 9.85. The van der Waals surface area contributed by atoms with E-state index in [-0.39, 0.29) is 17.2 Å². The first kappa shape index (κ1) is 12.0. The highest BCUT2D eigenvalue weighted by Gasteiger charge is 2.34. The van der Waals surface area contributed by atoms with Crippen molar-refractivity contribution in [1.29, 1.82) is 0 Å². The first-order chi connectivity index (χ1) is 6.82. The Balaban J connectivity index is 2.58. The van der Waals surface area contributed by atoms with E-state index in [4.69, 9.17) is 5.73 Å². The quantitative estimate of drug-likeness (QED) is 0.575. The summed E-state index contributed by atoms with van der Waals surface area (Å²) in [5.74, 6) is -0.593. The summed E-state index contributed by atoms with van der Waals surface area (Å²) >= 11 is 0. The summed E-state index contributed by atoms with van der Waals surface area (Å²) in [6.07, 6.45) is 0. The molecule has 2 amide bonds. The number of primary amides is 1. The molecule has 1 saturated heterocycles. The molecule has 0 aliphatic carbocycles. The fraction of sp³-hybridized carbons (Fsp3) is 0.800. The van der Waals surface area contributed by atoms with Gasteiger partial charge in [-0.15, -0.1) is 0 Å². The first-order valence-corrected chi connectivity index (χ1v) is 5.13. The maximum atomic E-state index is 11.6. The van der Waals surface area contributed by atoms with Gasteiger partial charge in [0.1, 0.15) is 6.04 Å². The van der Waals surface area contributed by atoms with E-state index < -0.39 is 11.9 Å². The third-order valence-corrected chi connectivity index (χ3v) is 2.59. The maximum absolute atomic E-state index is 11.6. The zero-order chi connectivity index (χ0) is 11.6. The Bertz CT molecular complexity index is 266. The maximum Gasteiger partial charge on any atom is 0.240 e. The lowest BCUT2D eigenvalue weighted by molar-refractivity contribution is -0.133. The van der Waals surface area contributed by atoms with Crippen molar-refractivity contribution >= 4 is 11.8 Å². The molecule has 0 saturated carbocycles. The second-order valence-electron chi connectivity index (χ2n) is 5.07. The molecule has 1 atom stereocenters. The molecule has 1 aliphatic rings. The molecule has 0 spiro atoms. The Morgan fingerprint density at radius 3 is 2.20 bits per heavy atom. The van der Waals surface area contributed by atoms with Gasteiger partial charge in [-0.2, -0.15) is 0 Å². The zero-order valence-corrected chi connectivity index (χ0v) is 9.46. The Labute approximate surface area is 89.8 Å². The van der Waals surface area contributed by atoms with Crippen molar-refractivity contribution in [2.24, 2.45) is 17.1 Å². The summed E-state index contributed by atoms with van der Waals surface area (Å²) in [5, 5.41) is 5.71. The summed E-state index contributed by atoms with van der Waals surface area (Å²) < 4.78 is 0. The number of rotatable bonds is 3. The molecule has 86 valence electrons. The third kappa shape index (κ3) is 2.92. The number of nitrogens with two attached hydrogens (primary N) is 1. The number of carbonyl (C=O) groups excluding carboxylic acids is 2. The van der Waals surface area contributed by atoms with E-state index in [9.17, 15) is 9.59 Å². The van der Waals surface area contributed by atoms with E-state index in [1.54, 1.807) is 0 Å². The highest BCUT2D eigenvalue weighted by Crippen LogP contribution is 2.19. The van der Waals surface area contributed by atoms with E-state index >= 15 is 0 Å². The molecule has 1 heterocycles. The van der Waals surface area contributed by atoms with Gasteiger partial charge in [0.05, 0.1) is 5.92 Å². The number of hydrogen-bond acceptors (Lipinski definition) is 3. The van der Waals surface area contributed by atoms with Gasteiger partial charge in [0.25, 0.3) is 0 Å². The minimum absolute atomic E-state index is 0.0193. The van der Waals surface area contributed by atoms with Crippen LogP contribution in [0.3, 0.4) is 0 Å². The van der Waals surface area contributed by atoms with Crippen LogP contribution in [0.4, 0.5) is 0 Å². The summed E-state index contributed by atoms with van der Waals surface area (Å²) in [7, 11) is 0. The number of hydrogen-bond donors (Lipinski definition) is 3.